The Bertz CT molecular complexity index is 248. The molecule has 0 bridgehead atoms. The Kier molecular flexibility index (Phi) is 8.53. The van der Waals surface area contributed by atoms with Crippen molar-refractivity contribution in [2.45, 2.75) is 44.5 Å². The SMILES string of the molecule is C(OCC1CO1)C1CO1.CCCCC1CO1.N=[N+]=N. The predicted octanol–water partition coefficient (Wildman–Crippen LogP) is 1.49. The van der Waals surface area contributed by atoms with Crippen LogP contribution in [0.3, 0.4) is 0 Å². The second-order valence-electron chi connectivity index (χ2n) is 4.66. The van der Waals surface area contributed by atoms with Crippen LogP contribution in [0, 0.1) is 11.1 Å². The summed E-state index contributed by atoms with van der Waals surface area (Å²) in [6.07, 6.45) is 5.37. The molecule has 3 saturated heterocycles. The lowest BCUT2D eigenvalue weighted by molar-refractivity contribution is 0.102. The van der Waals surface area contributed by atoms with Gasteiger partial charge in [0, 0.05) is 0 Å². The maximum absolute atomic E-state index is 5.50. The van der Waals surface area contributed by atoms with Gasteiger partial charge in [-0.05, 0) is 6.42 Å². The molecule has 0 aromatic rings. The first-order chi connectivity index (χ1) is 9.30. The summed E-state index contributed by atoms with van der Waals surface area (Å²) >= 11 is 0. The number of hydrogen-bond donors (Lipinski definition) is 2. The Labute approximate surface area is 113 Å². The summed E-state index contributed by atoms with van der Waals surface area (Å²) < 4.78 is 20.1. The number of rotatable bonds is 7. The van der Waals surface area contributed by atoms with Crippen LogP contribution in [0.15, 0.2) is 0 Å². The van der Waals surface area contributed by atoms with E-state index in [2.05, 4.69) is 6.92 Å². The highest BCUT2D eigenvalue weighted by Crippen LogP contribution is 2.15. The number of nitrogens with zero attached hydrogens (tertiary/aromatic N) is 1. The van der Waals surface area contributed by atoms with Gasteiger partial charge < -0.3 is 18.9 Å². The lowest BCUT2D eigenvalue weighted by Gasteiger charge is -1.95. The summed E-state index contributed by atoms with van der Waals surface area (Å²) in [7, 11) is 0. The van der Waals surface area contributed by atoms with Gasteiger partial charge in [-0.2, -0.15) is 0 Å². The molecule has 19 heavy (non-hydrogen) atoms. The quantitative estimate of drug-likeness (QED) is 0.416. The molecule has 3 unspecified atom stereocenters. The van der Waals surface area contributed by atoms with Gasteiger partial charge in [-0.3, -0.25) is 0 Å². The summed E-state index contributed by atoms with van der Waals surface area (Å²) in [5.41, 5.74) is 11.0. The molecule has 7 nitrogen and oxygen atoms in total. The number of nitrogens with one attached hydrogen (secondary N) is 2. The predicted molar refractivity (Wildman–Crippen MR) is 67.1 cm³/mol. The highest BCUT2D eigenvalue weighted by molar-refractivity contribution is 4.71. The summed E-state index contributed by atoms with van der Waals surface area (Å²) in [6, 6.07) is 0. The molecule has 3 rings (SSSR count). The van der Waals surface area contributed by atoms with Gasteiger partial charge in [-0.15, -0.1) is 0 Å². The monoisotopic (exact) mass is 274 g/mol. The number of epoxide rings is 3. The van der Waals surface area contributed by atoms with Crippen molar-refractivity contribution < 1.29 is 18.9 Å². The number of unbranched alkanes of at least 4 members (excludes halogenated alkanes) is 1. The maximum Gasteiger partial charge on any atom is 0.211 e. The third kappa shape index (κ3) is 11.9. The molecule has 0 saturated carbocycles. The van der Waals surface area contributed by atoms with Crippen molar-refractivity contribution in [2.24, 2.45) is 0 Å². The molecule has 3 fully saturated rings. The van der Waals surface area contributed by atoms with Crippen LogP contribution >= 0.6 is 0 Å². The fraction of sp³-hybridized carbons (Fsp3) is 1.00. The zero-order valence-electron chi connectivity index (χ0n) is 11.5. The molecule has 3 heterocycles. The molecule has 0 aromatic heterocycles. The topological polar surface area (TPSA) is 109 Å². The van der Waals surface area contributed by atoms with Gasteiger partial charge in [0.1, 0.15) is 23.3 Å². The van der Waals surface area contributed by atoms with E-state index in [-0.39, 0.29) is 0 Å². The van der Waals surface area contributed by atoms with E-state index in [1.807, 2.05) is 4.91 Å². The van der Waals surface area contributed by atoms with E-state index in [4.69, 9.17) is 30.0 Å². The molecule has 0 spiro atoms. The zero-order valence-corrected chi connectivity index (χ0v) is 11.5. The first kappa shape index (κ1) is 16.2. The molecule has 2 N–H and O–H groups in total. The van der Waals surface area contributed by atoms with Crippen molar-refractivity contribution in [3.05, 3.63) is 0 Å². The lowest BCUT2D eigenvalue weighted by atomic mass is 10.2. The third-order valence-corrected chi connectivity index (χ3v) is 2.69. The van der Waals surface area contributed by atoms with Crippen molar-refractivity contribution in [3.8, 4) is 0 Å². The summed E-state index contributed by atoms with van der Waals surface area (Å²) in [6.45, 7) is 6.50. The van der Waals surface area contributed by atoms with Crippen LogP contribution in [-0.2, 0) is 18.9 Å². The summed E-state index contributed by atoms with van der Waals surface area (Å²) in [5, 5.41) is 0. The van der Waals surface area contributed by atoms with E-state index in [1.54, 1.807) is 0 Å². The first-order valence-electron chi connectivity index (χ1n) is 6.75. The van der Waals surface area contributed by atoms with Crippen molar-refractivity contribution in [1.82, 2.24) is 4.91 Å². The van der Waals surface area contributed by atoms with Crippen LogP contribution in [0.25, 0.3) is 0 Å². The van der Waals surface area contributed by atoms with Gasteiger partial charge >= 0.3 is 0 Å². The molecule has 3 atom stereocenters. The third-order valence-electron chi connectivity index (χ3n) is 2.69. The summed E-state index contributed by atoms with van der Waals surface area (Å²) in [5.74, 6) is 0. The van der Waals surface area contributed by atoms with Gasteiger partial charge in [0.05, 0.1) is 39.1 Å². The Morgan fingerprint density at radius 3 is 1.74 bits per heavy atom. The Balaban J connectivity index is 0.000000162. The van der Waals surface area contributed by atoms with Crippen molar-refractivity contribution in [1.29, 1.82) is 11.1 Å². The molecule has 0 aliphatic carbocycles. The van der Waals surface area contributed by atoms with Gasteiger partial charge in [-0.25, -0.2) is 0 Å². The van der Waals surface area contributed by atoms with Crippen LogP contribution in [-0.4, -0.2) is 51.3 Å². The van der Waals surface area contributed by atoms with Crippen LogP contribution in [0.5, 0.6) is 0 Å². The number of hydrogen-bond acceptors (Lipinski definition) is 6. The van der Waals surface area contributed by atoms with E-state index in [0.29, 0.717) is 18.3 Å². The average molecular weight is 274 g/mol. The van der Waals surface area contributed by atoms with Gasteiger partial charge in [0.15, 0.2) is 0 Å². The molecule has 0 radical (unpaired) electrons. The van der Waals surface area contributed by atoms with E-state index in [9.17, 15) is 0 Å². The van der Waals surface area contributed by atoms with Gasteiger partial charge in [0.25, 0.3) is 0 Å². The molecule has 0 aromatic carbocycles. The summed E-state index contributed by atoms with van der Waals surface area (Å²) in [4.78, 5) is 2.00. The standard InChI is InChI=1S/C6H10O3.C6H12O.H2N3/c1(5-3-8-5)7-2-6-4-9-6;1-2-3-4-6-5-7-6;1-3-2/h5-6H,1-4H2;6H,2-5H2,1H3;1-2H/q;;+1. The smallest absolute Gasteiger partial charge is 0.211 e. The van der Waals surface area contributed by atoms with Crippen LogP contribution in [0.4, 0.5) is 0 Å². The molecule has 110 valence electrons. The second-order valence-corrected chi connectivity index (χ2v) is 4.66. The van der Waals surface area contributed by atoms with Crippen molar-refractivity contribution in [3.63, 3.8) is 0 Å². The maximum atomic E-state index is 5.50. The minimum atomic E-state index is 0.392. The van der Waals surface area contributed by atoms with E-state index >= 15 is 0 Å². The second kappa shape index (κ2) is 10.00. The van der Waals surface area contributed by atoms with Crippen molar-refractivity contribution in [2.75, 3.05) is 33.0 Å². The fourth-order valence-electron chi connectivity index (χ4n) is 1.33. The largest absolute Gasteiger partial charge is 0.376 e. The average Bonchev–Trinajstić information content (AvgIpc) is 3.28. The molecule has 3 aliphatic heterocycles. The fourth-order valence-corrected chi connectivity index (χ4v) is 1.33. The van der Waals surface area contributed by atoms with Crippen LogP contribution in [0.2, 0.25) is 0 Å². The van der Waals surface area contributed by atoms with E-state index in [0.717, 1.165) is 33.0 Å². The highest BCUT2D eigenvalue weighted by Gasteiger charge is 2.26. The van der Waals surface area contributed by atoms with Crippen LogP contribution < -0.4 is 4.91 Å². The molecule has 3 aliphatic rings. The van der Waals surface area contributed by atoms with Crippen LogP contribution in [0.1, 0.15) is 26.2 Å². The number of ether oxygens (including phenoxy) is 4. The van der Waals surface area contributed by atoms with Crippen molar-refractivity contribution >= 4 is 0 Å². The molecular formula is C12H24N3O4+. The first-order valence-corrected chi connectivity index (χ1v) is 6.75. The Morgan fingerprint density at radius 1 is 1.00 bits per heavy atom. The van der Waals surface area contributed by atoms with Gasteiger partial charge in [-0.1, -0.05) is 19.8 Å². The zero-order chi connectivity index (χ0) is 13.9. The molecule has 7 heteroatoms. The Hall–Kier alpha value is -0.850. The Morgan fingerprint density at radius 2 is 1.42 bits per heavy atom. The minimum Gasteiger partial charge on any atom is -0.376 e. The minimum absolute atomic E-state index is 0.392. The van der Waals surface area contributed by atoms with Gasteiger partial charge in [0.2, 0.25) is 4.91 Å². The lowest BCUT2D eigenvalue weighted by Crippen LogP contribution is -2.06. The normalized spacial score (nSPS) is 29.0. The molecule has 0 amide bonds. The van der Waals surface area contributed by atoms with E-state index < -0.39 is 0 Å². The molecular weight excluding hydrogens is 250 g/mol. The highest BCUT2D eigenvalue weighted by atomic mass is 16.6. The van der Waals surface area contributed by atoms with E-state index in [1.165, 1.54) is 19.3 Å².